The van der Waals surface area contributed by atoms with Gasteiger partial charge in [0.1, 0.15) is 11.5 Å². The van der Waals surface area contributed by atoms with Crippen molar-refractivity contribution in [3.8, 4) is 11.5 Å². The number of aromatic nitrogens is 1. The predicted octanol–water partition coefficient (Wildman–Crippen LogP) is 4.91. The van der Waals surface area contributed by atoms with Crippen LogP contribution in [0, 0.1) is 0 Å². The van der Waals surface area contributed by atoms with E-state index in [0.29, 0.717) is 29.5 Å². The molecule has 1 atom stereocenters. The van der Waals surface area contributed by atoms with Crippen molar-refractivity contribution in [3.63, 3.8) is 0 Å². The fourth-order valence-corrected chi connectivity index (χ4v) is 4.54. The number of nitrogens with zero attached hydrogens (tertiary/aromatic N) is 1. The van der Waals surface area contributed by atoms with Gasteiger partial charge in [0.2, 0.25) is 0 Å². The van der Waals surface area contributed by atoms with Crippen LogP contribution in [0.15, 0.2) is 72.8 Å². The molecule has 1 aromatic heterocycles. The summed E-state index contributed by atoms with van der Waals surface area (Å²) in [5, 5.41) is 1.67. The first-order valence-corrected chi connectivity index (χ1v) is 10.9. The maximum atomic E-state index is 13.3. The fraction of sp³-hybridized carbons (Fsp3) is 0.154. The van der Waals surface area contributed by atoms with Gasteiger partial charge < -0.3 is 19.4 Å². The number of hydrogen-bond donors (Lipinski definition) is 1. The summed E-state index contributed by atoms with van der Waals surface area (Å²) in [6, 6.07) is 21.3. The van der Waals surface area contributed by atoms with Gasteiger partial charge >= 0.3 is 11.9 Å². The first-order chi connectivity index (χ1) is 16.0. The van der Waals surface area contributed by atoms with Crippen LogP contribution in [0.4, 0.5) is 0 Å². The third-order valence-electron chi connectivity index (χ3n) is 5.91. The molecule has 5 rings (SSSR count). The van der Waals surface area contributed by atoms with E-state index in [0.717, 1.165) is 27.7 Å². The Labute approximate surface area is 195 Å². The van der Waals surface area contributed by atoms with Crippen molar-refractivity contribution in [1.82, 2.24) is 9.88 Å². The number of fused-ring (bicyclic) bond motifs is 3. The number of carbonyl (C=O) groups is 2. The van der Waals surface area contributed by atoms with Crippen molar-refractivity contribution in [2.24, 2.45) is 0 Å². The van der Waals surface area contributed by atoms with E-state index in [9.17, 15) is 9.59 Å². The number of benzene rings is 3. The summed E-state index contributed by atoms with van der Waals surface area (Å²) in [7, 11) is 1.60. The minimum absolute atomic E-state index is 0.329. The number of para-hydroxylation sites is 1. The molecule has 6 nitrogen and oxygen atoms in total. The average Bonchev–Trinajstić information content (AvgIpc) is 3.21. The summed E-state index contributed by atoms with van der Waals surface area (Å²) in [5.74, 6) is -0.571. The number of nitrogens with one attached hydrogen (secondary N) is 1. The Morgan fingerprint density at radius 1 is 1.00 bits per heavy atom. The maximum absolute atomic E-state index is 13.3. The molecule has 0 radical (unpaired) electrons. The Kier molecular flexibility index (Phi) is 5.52. The number of rotatable bonds is 3. The third-order valence-corrected chi connectivity index (χ3v) is 6.14. The molecule has 1 N–H and O–H groups in total. The van der Waals surface area contributed by atoms with Crippen LogP contribution in [0.25, 0.3) is 10.9 Å². The molecule has 1 aliphatic heterocycles. The molecule has 0 fully saturated rings. The lowest BCUT2D eigenvalue weighted by molar-refractivity contribution is -0.155. The summed E-state index contributed by atoms with van der Waals surface area (Å²) in [5.41, 5.74) is 3.75. The number of esters is 1. The summed E-state index contributed by atoms with van der Waals surface area (Å²) in [6.07, 6.45) is 0.590. The Morgan fingerprint density at radius 2 is 1.76 bits per heavy atom. The van der Waals surface area contributed by atoms with E-state index >= 15 is 0 Å². The lowest BCUT2D eigenvalue weighted by atomic mass is 9.92. The molecule has 3 aromatic carbocycles. The van der Waals surface area contributed by atoms with Gasteiger partial charge in [0.15, 0.2) is 0 Å². The molecule has 166 valence electrons. The summed E-state index contributed by atoms with van der Waals surface area (Å²) >= 11 is 6.25. The number of ether oxygens (including phenoxy) is 2. The van der Waals surface area contributed by atoms with Gasteiger partial charge in [-0.3, -0.25) is 4.79 Å². The van der Waals surface area contributed by atoms with Crippen molar-refractivity contribution in [1.29, 1.82) is 0 Å². The Morgan fingerprint density at radius 3 is 2.48 bits per heavy atom. The number of aromatic amines is 1. The number of amides is 1. The molecule has 1 unspecified atom stereocenters. The van der Waals surface area contributed by atoms with Gasteiger partial charge in [-0.1, -0.05) is 41.9 Å². The van der Waals surface area contributed by atoms with Gasteiger partial charge in [-0.25, -0.2) is 4.79 Å². The average molecular weight is 461 g/mol. The number of halogens is 1. The highest BCUT2D eigenvalue weighted by Gasteiger charge is 2.37. The topological polar surface area (TPSA) is 71.6 Å². The normalized spacial score (nSPS) is 15.2. The molecular weight excluding hydrogens is 440 g/mol. The largest absolute Gasteiger partial charge is 0.497 e. The van der Waals surface area contributed by atoms with Crippen LogP contribution < -0.4 is 9.47 Å². The van der Waals surface area contributed by atoms with E-state index in [1.54, 1.807) is 36.3 Å². The van der Waals surface area contributed by atoms with Crippen LogP contribution in [-0.2, 0) is 16.0 Å². The zero-order valence-corrected chi connectivity index (χ0v) is 18.6. The van der Waals surface area contributed by atoms with Crippen molar-refractivity contribution >= 4 is 34.4 Å². The lowest BCUT2D eigenvalue weighted by Gasteiger charge is -2.35. The van der Waals surface area contributed by atoms with Crippen molar-refractivity contribution < 1.29 is 19.1 Å². The molecule has 0 bridgehead atoms. The second kappa shape index (κ2) is 8.64. The van der Waals surface area contributed by atoms with Crippen LogP contribution in [-0.4, -0.2) is 35.4 Å². The zero-order valence-electron chi connectivity index (χ0n) is 17.9. The summed E-state index contributed by atoms with van der Waals surface area (Å²) in [4.78, 5) is 31.1. The van der Waals surface area contributed by atoms with Gasteiger partial charge in [0.25, 0.3) is 0 Å². The van der Waals surface area contributed by atoms with E-state index in [1.165, 1.54) is 0 Å². The minimum Gasteiger partial charge on any atom is -0.497 e. The van der Waals surface area contributed by atoms with Gasteiger partial charge in [-0.05, 0) is 60.0 Å². The molecule has 33 heavy (non-hydrogen) atoms. The number of H-pyrrole nitrogens is 1. The van der Waals surface area contributed by atoms with Gasteiger partial charge in [0.05, 0.1) is 13.2 Å². The Hall–Kier alpha value is -3.77. The van der Waals surface area contributed by atoms with E-state index in [4.69, 9.17) is 21.1 Å². The minimum atomic E-state index is -0.915. The highest BCUT2D eigenvalue weighted by atomic mass is 35.5. The molecule has 0 saturated carbocycles. The van der Waals surface area contributed by atoms with Gasteiger partial charge in [-0.2, -0.15) is 0 Å². The molecule has 7 heteroatoms. The first kappa shape index (κ1) is 21.1. The smallest absolute Gasteiger partial charge is 0.402 e. The monoisotopic (exact) mass is 460 g/mol. The molecule has 0 saturated heterocycles. The molecule has 0 spiro atoms. The fourth-order valence-electron chi connectivity index (χ4n) is 4.37. The number of hydrogen-bond acceptors (Lipinski definition) is 4. The number of carbonyl (C=O) groups excluding carboxylic acids is 2. The van der Waals surface area contributed by atoms with Crippen LogP contribution in [0.2, 0.25) is 5.02 Å². The molecule has 1 aliphatic rings. The Balaban J connectivity index is 1.56. The van der Waals surface area contributed by atoms with Crippen LogP contribution >= 0.6 is 11.6 Å². The maximum Gasteiger partial charge on any atom is 0.402 e. The molecule has 0 aliphatic carbocycles. The highest BCUT2D eigenvalue weighted by Crippen LogP contribution is 2.39. The van der Waals surface area contributed by atoms with Crippen molar-refractivity contribution in [2.75, 3.05) is 13.7 Å². The molecule has 4 aromatic rings. The summed E-state index contributed by atoms with van der Waals surface area (Å²) in [6.45, 7) is 0.367. The zero-order chi connectivity index (χ0) is 22.9. The van der Waals surface area contributed by atoms with E-state index in [2.05, 4.69) is 4.98 Å². The molecule has 2 heterocycles. The van der Waals surface area contributed by atoms with E-state index in [1.807, 2.05) is 48.5 Å². The predicted molar refractivity (Wildman–Crippen MR) is 126 cm³/mol. The van der Waals surface area contributed by atoms with Crippen molar-refractivity contribution in [3.05, 3.63) is 94.6 Å². The molecular formula is C26H21ClN2O4. The van der Waals surface area contributed by atoms with Crippen LogP contribution in [0.5, 0.6) is 11.5 Å². The van der Waals surface area contributed by atoms with E-state index in [-0.39, 0.29) is 0 Å². The second-order valence-electron chi connectivity index (χ2n) is 7.83. The Bertz CT molecular complexity index is 1330. The highest BCUT2D eigenvalue weighted by molar-refractivity contribution is 6.33. The summed E-state index contributed by atoms with van der Waals surface area (Å²) < 4.78 is 10.6. The van der Waals surface area contributed by atoms with E-state index < -0.39 is 17.9 Å². The van der Waals surface area contributed by atoms with Crippen molar-refractivity contribution in [2.45, 2.75) is 12.5 Å². The van der Waals surface area contributed by atoms with Gasteiger partial charge in [-0.15, -0.1) is 0 Å². The van der Waals surface area contributed by atoms with Crippen LogP contribution in [0.1, 0.15) is 22.9 Å². The lowest BCUT2D eigenvalue weighted by Crippen LogP contribution is -2.45. The van der Waals surface area contributed by atoms with Gasteiger partial charge in [0, 0.05) is 28.2 Å². The standard InChI is InChI=1S/C26H21ClN2O4/c1-32-18-10-7-16(8-11-18)24-23-20(21-15-17(27)9-12-22(21)28-23)13-14-29(24)25(30)26(31)33-19-5-3-2-4-6-19/h2-12,15,24,28H,13-14H2,1H3. The van der Waals surface area contributed by atoms with Crippen LogP contribution in [0.3, 0.4) is 0 Å². The SMILES string of the molecule is COc1ccc(C2c3[nH]c4ccc(Cl)cc4c3CCN2C(=O)C(=O)Oc2ccccc2)cc1. The molecule has 1 amide bonds. The quantitative estimate of drug-likeness (QED) is 0.268. The second-order valence-corrected chi connectivity index (χ2v) is 8.27. The third kappa shape index (κ3) is 3.94. The first-order valence-electron chi connectivity index (χ1n) is 10.6. The number of methoxy groups -OCH3 is 1.